The highest BCUT2D eigenvalue weighted by atomic mass is 16.3. The van der Waals surface area contributed by atoms with E-state index < -0.39 is 0 Å². The molecule has 0 aliphatic heterocycles. The largest absolute Gasteiger partial charge is 0.456 e. The molecule has 0 radical (unpaired) electrons. The summed E-state index contributed by atoms with van der Waals surface area (Å²) >= 11 is 0. The van der Waals surface area contributed by atoms with E-state index in [9.17, 15) is 0 Å². The Hall–Kier alpha value is -7.37. The van der Waals surface area contributed by atoms with Gasteiger partial charge in [0.15, 0.2) is 5.58 Å². The van der Waals surface area contributed by atoms with Gasteiger partial charge in [0.05, 0.1) is 11.4 Å². The maximum absolute atomic E-state index is 6.76. The number of nitrogens with zero attached hydrogens (tertiary/aromatic N) is 3. The first-order valence-electron chi connectivity index (χ1n) is 18.0. The van der Waals surface area contributed by atoms with Gasteiger partial charge in [-0.15, -0.1) is 0 Å². The van der Waals surface area contributed by atoms with E-state index >= 15 is 0 Å². The predicted octanol–water partition coefficient (Wildman–Crippen LogP) is 14.0. The van der Waals surface area contributed by atoms with Gasteiger partial charge >= 0.3 is 0 Å². The van der Waals surface area contributed by atoms with Crippen LogP contribution in [0.1, 0.15) is 0 Å². The highest BCUT2D eigenvalue weighted by Crippen LogP contribution is 2.46. The molecule has 5 heteroatoms. The first-order valence-corrected chi connectivity index (χ1v) is 18.0. The topological polar surface area (TPSA) is 45.7 Å². The first-order chi connectivity index (χ1) is 26.8. The molecule has 0 unspecified atom stereocenters. The third-order valence-corrected chi connectivity index (χ3v) is 9.85. The minimum absolute atomic E-state index is 0.564. The van der Waals surface area contributed by atoms with Gasteiger partial charge in [0, 0.05) is 39.1 Å². The Morgan fingerprint density at radius 3 is 1.59 bits per heavy atom. The molecule has 2 heterocycles. The lowest BCUT2D eigenvalue weighted by atomic mass is 10.0. The number of rotatable bonds is 8. The Labute approximate surface area is 312 Å². The minimum atomic E-state index is 0.564. The van der Waals surface area contributed by atoms with Crippen LogP contribution in [0.3, 0.4) is 0 Å². The zero-order valence-corrected chi connectivity index (χ0v) is 29.2. The molecule has 0 aliphatic carbocycles. The molecule has 0 spiro atoms. The van der Waals surface area contributed by atoms with Crippen molar-refractivity contribution in [3.63, 3.8) is 0 Å². The smallest absolute Gasteiger partial charge is 0.227 e. The van der Waals surface area contributed by atoms with Crippen molar-refractivity contribution in [1.82, 2.24) is 4.98 Å². The minimum Gasteiger partial charge on any atom is -0.456 e. The number of fused-ring (bicyclic) bond motifs is 4. The van der Waals surface area contributed by atoms with E-state index in [-0.39, 0.29) is 0 Å². The Morgan fingerprint density at radius 1 is 0.352 bits per heavy atom. The van der Waals surface area contributed by atoms with Crippen molar-refractivity contribution in [2.75, 3.05) is 9.80 Å². The van der Waals surface area contributed by atoms with Gasteiger partial charge in [-0.3, -0.25) is 0 Å². The fourth-order valence-electron chi connectivity index (χ4n) is 7.32. The van der Waals surface area contributed by atoms with Crippen molar-refractivity contribution >= 4 is 67.2 Å². The molecule has 256 valence electrons. The first kappa shape index (κ1) is 31.4. The highest BCUT2D eigenvalue weighted by Gasteiger charge is 2.24. The summed E-state index contributed by atoms with van der Waals surface area (Å²) in [6.07, 6.45) is 0. The zero-order valence-electron chi connectivity index (χ0n) is 29.2. The van der Waals surface area contributed by atoms with Gasteiger partial charge in [-0.2, -0.15) is 0 Å². The number of aromatic nitrogens is 1. The van der Waals surface area contributed by atoms with Crippen LogP contribution in [0.25, 0.3) is 55.6 Å². The lowest BCUT2D eigenvalue weighted by molar-refractivity contribution is 0.620. The van der Waals surface area contributed by atoms with E-state index in [4.69, 9.17) is 13.8 Å². The second kappa shape index (κ2) is 13.3. The number of hydrogen-bond acceptors (Lipinski definition) is 5. The molecule has 54 heavy (non-hydrogen) atoms. The molecule has 5 nitrogen and oxygen atoms in total. The van der Waals surface area contributed by atoms with Gasteiger partial charge in [-0.25, -0.2) is 4.98 Å². The van der Waals surface area contributed by atoms with Crippen LogP contribution < -0.4 is 9.80 Å². The van der Waals surface area contributed by atoms with Crippen LogP contribution >= 0.6 is 0 Å². The second-order valence-electron chi connectivity index (χ2n) is 13.2. The summed E-state index contributed by atoms with van der Waals surface area (Å²) in [4.78, 5) is 9.69. The molecular formula is C49H33N3O2. The summed E-state index contributed by atoms with van der Waals surface area (Å²) in [5.74, 6) is 0.564. The Balaban J connectivity index is 1.22. The summed E-state index contributed by atoms with van der Waals surface area (Å²) in [6.45, 7) is 0. The normalized spacial score (nSPS) is 11.3. The lowest BCUT2D eigenvalue weighted by Crippen LogP contribution is -2.13. The van der Waals surface area contributed by atoms with Crippen molar-refractivity contribution in [2.45, 2.75) is 0 Å². The molecule has 2 aromatic heterocycles. The van der Waals surface area contributed by atoms with Crippen molar-refractivity contribution in [2.24, 2.45) is 0 Å². The van der Waals surface area contributed by atoms with Crippen molar-refractivity contribution in [3.05, 3.63) is 200 Å². The molecule has 0 saturated carbocycles. The quantitative estimate of drug-likeness (QED) is 0.158. The van der Waals surface area contributed by atoms with E-state index in [0.29, 0.717) is 11.5 Å². The Kier molecular flexibility index (Phi) is 7.73. The Bertz CT molecular complexity index is 2870. The van der Waals surface area contributed by atoms with Crippen molar-refractivity contribution in [3.8, 4) is 22.6 Å². The molecule has 0 amide bonds. The van der Waals surface area contributed by atoms with Crippen LogP contribution in [0.5, 0.6) is 0 Å². The highest BCUT2D eigenvalue weighted by molar-refractivity contribution is 6.07. The van der Waals surface area contributed by atoms with Gasteiger partial charge in [-0.1, -0.05) is 115 Å². The van der Waals surface area contributed by atoms with Crippen molar-refractivity contribution in [1.29, 1.82) is 0 Å². The second-order valence-corrected chi connectivity index (χ2v) is 13.2. The van der Waals surface area contributed by atoms with Crippen LogP contribution in [-0.4, -0.2) is 4.98 Å². The average Bonchev–Trinajstić information content (AvgIpc) is 3.85. The molecule has 0 aliphatic rings. The van der Waals surface area contributed by atoms with Gasteiger partial charge in [0.25, 0.3) is 0 Å². The molecular weight excluding hydrogens is 663 g/mol. The number of hydrogen-bond donors (Lipinski definition) is 0. The predicted molar refractivity (Wildman–Crippen MR) is 222 cm³/mol. The zero-order chi connectivity index (χ0) is 35.8. The summed E-state index contributed by atoms with van der Waals surface area (Å²) < 4.78 is 13.0. The molecule has 0 saturated heterocycles. The average molecular weight is 696 g/mol. The van der Waals surface area contributed by atoms with Gasteiger partial charge in [-0.05, 0) is 96.1 Å². The van der Waals surface area contributed by atoms with Crippen LogP contribution in [0, 0.1) is 0 Å². The van der Waals surface area contributed by atoms with Crippen molar-refractivity contribution < 1.29 is 8.83 Å². The number of anilines is 6. The van der Waals surface area contributed by atoms with Crippen LogP contribution in [0.15, 0.2) is 209 Å². The number of para-hydroxylation sites is 3. The molecule has 8 aromatic carbocycles. The van der Waals surface area contributed by atoms with Gasteiger partial charge in [0.1, 0.15) is 16.7 Å². The van der Waals surface area contributed by atoms with Crippen LogP contribution in [-0.2, 0) is 0 Å². The monoisotopic (exact) mass is 695 g/mol. The van der Waals surface area contributed by atoms with E-state index in [1.54, 1.807) is 0 Å². The maximum atomic E-state index is 6.76. The number of furan rings is 1. The van der Waals surface area contributed by atoms with E-state index in [2.05, 4.69) is 149 Å². The molecule has 0 bridgehead atoms. The van der Waals surface area contributed by atoms with E-state index in [1.807, 2.05) is 60.7 Å². The number of benzene rings is 8. The third kappa shape index (κ3) is 5.65. The van der Waals surface area contributed by atoms with Gasteiger partial charge < -0.3 is 18.6 Å². The molecule has 0 N–H and O–H groups in total. The molecule has 0 atom stereocenters. The van der Waals surface area contributed by atoms with Gasteiger partial charge in [0.2, 0.25) is 5.89 Å². The summed E-state index contributed by atoms with van der Waals surface area (Å²) in [5.41, 5.74) is 12.2. The standard InChI is InChI=1S/C49H33N3O2/c1-5-15-34(16-6-1)35-25-27-39(28-26-35)52(38-21-11-4-12-22-38)45-33-41(32-44-48(45)54-49(50-44)36-17-7-2-8-18-36)51(37-19-9-3-10-20-37)40-29-30-47-43(31-40)42-23-13-14-24-46(42)53-47/h1-33H. The molecule has 10 rings (SSSR count). The Morgan fingerprint density at radius 2 is 0.889 bits per heavy atom. The SMILES string of the molecule is c1ccc(-c2ccc(N(c3ccccc3)c3cc(N(c4ccccc4)c4ccc5oc6ccccc6c5c4)cc4nc(-c5ccccc5)oc34)cc2)cc1. The van der Waals surface area contributed by atoms with E-state index in [1.165, 1.54) is 5.56 Å². The number of oxazole rings is 1. The van der Waals surface area contributed by atoms with Crippen LogP contribution in [0.2, 0.25) is 0 Å². The fourth-order valence-corrected chi connectivity index (χ4v) is 7.32. The van der Waals surface area contributed by atoms with Crippen LogP contribution in [0.4, 0.5) is 34.1 Å². The molecule has 10 aromatic rings. The van der Waals surface area contributed by atoms with E-state index in [0.717, 1.165) is 72.7 Å². The summed E-state index contributed by atoms with van der Waals surface area (Å²) in [7, 11) is 0. The third-order valence-electron chi connectivity index (χ3n) is 9.85. The maximum Gasteiger partial charge on any atom is 0.227 e. The lowest BCUT2D eigenvalue weighted by Gasteiger charge is -2.29. The fraction of sp³-hybridized carbons (Fsp3) is 0. The summed E-state index contributed by atoms with van der Waals surface area (Å²) in [6, 6.07) is 69.1. The summed E-state index contributed by atoms with van der Waals surface area (Å²) in [5, 5.41) is 2.14. The molecule has 0 fully saturated rings.